The number of fused-ring (bicyclic) bond motifs is 1. The van der Waals surface area contributed by atoms with E-state index in [4.69, 9.17) is 19.6 Å². The van der Waals surface area contributed by atoms with Crippen molar-refractivity contribution in [3.63, 3.8) is 0 Å². The van der Waals surface area contributed by atoms with Gasteiger partial charge in [0, 0.05) is 0 Å². The van der Waals surface area contributed by atoms with E-state index in [1.807, 2.05) is 0 Å². The Balaban J connectivity index is 2.92. The molecule has 0 aliphatic carbocycles. The van der Waals surface area contributed by atoms with Crippen molar-refractivity contribution in [1.82, 2.24) is 9.38 Å². The van der Waals surface area contributed by atoms with Gasteiger partial charge in [0.2, 0.25) is 0 Å². The van der Waals surface area contributed by atoms with Gasteiger partial charge in [-0.2, -0.15) is 0 Å². The lowest BCUT2D eigenvalue weighted by molar-refractivity contribution is 0.385. The Kier molecular flexibility index (Phi) is 2.74. The van der Waals surface area contributed by atoms with E-state index in [2.05, 4.69) is 4.98 Å². The summed E-state index contributed by atoms with van der Waals surface area (Å²) >= 11 is 0. The maximum atomic E-state index is 11.2. The highest BCUT2D eigenvalue weighted by molar-refractivity contribution is 7.61. The zero-order chi connectivity index (χ0) is 12.8. The predicted molar refractivity (Wildman–Crippen MR) is 58.5 cm³/mol. The zero-order valence-corrected chi connectivity index (χ0v) is 9.99. The first-order valence-electron chi connectivity index (χ1n) is 4.30. The molecule has 8 nitrogen and oxygen atoms in total. The molecule has 0 aliphatic rings. The number of pyridine rings is 1. The molecule has 10 heteroatoms. The first-order valence-corrected chi connectivity index (χ1v) is 7.52. The van der Waals surface area contributed by atoms with Gasteiger partial charge in [-0.15, -0.1) is 0 Å². The molecule has 2 rings (SSSR count). The highest BCUT2D eigenvalue weighted by Gasteiger charge is 2.28. The lowest BCUT2D eigenvalue weighted by atomic mass is 10.5. The standard InChI is InChI=1S/C7H8N2O6P2/c10-16(11,12)6-3-1-2-5-8-4-7(9(5)6)17(13,14)15/h1-4H,(H2,10,11,12)(H2,13,14,15). The van der Waals surface area contributed by atoms with Crippen LogP contribution in [0.5, 0.6) is 0 Å². The van der Waals surface area contributed by atoms with E-state index >= 15 is 0 Å². The van der Waals surface area contributed by atoms with Crippen molar-refractivity contribution in [3.8, 4) is 0 Å². The normalized spacial score (nSPS) is 13.2. The molecule has 92 valence electrons. The molecule has 0 saturated carbocycles. The van der Waals surface area contributed by atoms with Crippen molar-refractivity contribution in [2.75, 3.05) is 0 Å². The highest BCUT2D eigenvalue weighted by Crippen LogP contribution is 2.37. The molecule has 4 N–H and O–H groups in total. The zero-order valence-electron chi connectivity index (χ0n) is 8.20. The minimum atomic E-state index is -4.66. The smallest absolute Gasteiger partial charge is 0.320 e. The van der Waals surface area contributed by atoms with Crippen LogP contribution in [0.4, 0.5) is 0 Å². The van der Waals surface area contributed by atoms with E-state index in [0.717, 1.165) is 16.7 Å². The number of nitrogens with zero attached hydrogens (tertiary/aromatic N) is 2. The van der Waals surface area contributed by atoms with Crippen LogP contribution in [-0.2, 0) is 9.13 Å². The van der Waals surface area contributed by atoms with Gasteiger partial charge < -0.3 is 19.6 Å². The second-order valence-electron chi connectivity index (χ2n) is 3.28. The fourth-order valence-electron chi connectivity index (χ4n) is 1.44. The summed E-state index contributed by atoms with van der Waals surface area (Å²) in [5.74, 6) is 0. The second kappa shape index (κ2) is 3.74. The van der Waals surface area contributed by atoms with Crippen molar-refractivity contribution in [2.45, 2.75) is 0 Å². The Morgan fingerprint density at radius 3 is 2.12 bits per heavy atom. The molecule has 0 bridgehead atoms. The molecule has 2 aromatic rings. The van der Waals surface area contributed by atoms with Crippen LogP contribution in [0.1, 0.15) is 0 Å². The van der Waals surface area contributed by atoms with Crippen LogP contribution in [-0.4, -0.2) is 29.0 Å². The molecule has 0 aliphatic heterocycles. The highest BCUT2D eigenvalue weighted by atomic mass is 31.2. The summed E-state index contributed by atoms with van der Waals surface area (Å²) in [6.07, 6.45) is 0.898. The number of hydrogen-bond donors (Lipinski definition) is 4. The minimum absolute atomic E-state index is 0.0594. The lowest BCUT2D eigenvalue weighted by Gasteiger charge is -2.10. The van der Waals surface area contributed by atoms with Gasteiger partial charge in [-0.05, 0) is 12.1 Å². The Morgan fingerprint density at radius 2 is 1.59 bits per heavy atom. The van der Waals surface area contributed by atoms with Gasteiger partial charge in [0.15, 0.2) is 5.44 Å². The van der Waals surface area contributed by atoms with Gasteiger partial charge in [0.1, 0.15) is 11.1 Å². The molecule has 0 atom stereocenters. The third kappa shape index (κ3) is 2.19. The monoisotopic (exact) mass is 278 g/mol. The van der Waals surface area contributed by atoms with Crippen LogP contribution < -0.4 is 10.9 Å². The summed E-state index contributed by atoms with van der Waals surface area (Å²) in [4.78, 5) is 40.0. The number of rotatable bonds is 2. The lowest BCUT2D eigenvalue weighted by Crippen LogP contribution is -2.23. The van der Waals surface area contributed by atoms with E-state index in [9.17, 15) is 9.13 Å². The number of imidazole rings is 1. The molecule has 0 saturated heterocycles. The average Bonchev–Trinajstić information content (AvgIpc) is 2.57. The molecule has 17 heavy (non-hydrogen) atoms. The molecule has 2 aromatic heterocycles. The third-order valence-corrected chi connectivity index (χ3v) is 3.95. The summed E-state index contributed by atoms with van der Waals surface area (Å²) < 4.78 is 23.2. The second-order valence-corrected chi connectivity index (χ2v) is 6.37. The van der Waals surface area contributed by atoms with Gasteiger partial charge in [0.05, 0.1) is 6.20 Å². The minimum Gasteiger partial charge on any atom is -0.320 e. The van der Waals surface area contributed by atoms with Crippen LogP contribution >= 0.6 is 15.2 Å². The predicted octanol–water partition coefficient (Wildman–Crippen LogP) is -1.06. The van der Waals surface area contributed by atoms with Gasteiger partial charge >= 0.3 is 15.2 Å². The van der Waals surface area contributed by atoms with Gasteiger partial charge in [-0.25, -0.2) is 4.98 Å². The van der Waals surface area contributed by atoms with Crippen LogP contribution in [0.25, 0.3) is 5.65 Å². The van der Waals surface area contributed by atoms with E-state index in [0.29, 0.717) is 0 Å². The van der Waals surface area contributed by atoms with Gasteiger partial charge in [0.25, 0.3) is 0 Å². The SMILES string of the molecule is O=P(O)(O)c1cccc2ncc(P(=O)(O)O)n12. The fraction of sp³-hybridized carbons (Fsp3) is 0. The Hall–Kier alpha value is -1.01. The molecular weight excluding hydrogens is 270 g/mol. The number of aromatic nitrogens is 2. The number of hydrogen-bond acceptors (Lipinski definition) is 3. The van der Waals surface area contributed by atoms with Crippen LogP contribution in [0, 0.1) is 0 Å². The maximum absolute atomic E-state index is 11.2. The van der Waals surface area contributed by atoms with E-state index < -0.39 is 26.1 Å². The van der Waals surface area contributed by atoms with Crippen molar-refractivity contribution in [3.05, 3.63) is 24.4 Å². The molecule has 0 fully saturated rings. The van der Waals surface area contributed by atoms with Gasteiger partial charge in [-0.3, -0.25) is 13.5 Å². The van der Waals surface area contributed by atoms with Crippen molar-refractivity contribution in [2.24, 2.45) is 0 Å². The molecule has 0 aromatic carbocycles. The van der Waals surface area contributed by atoms with Crippen LogP contribution in [0.3, 0.4) is 0 Å². The van der Waals surface area contributed by atoms with Crippen molar-refractivity contribution in [1.29, 1.82) is 0 Å². The molecule has 0 spiro atoms. The quantitative estimate of drug-likeness (QED) is 0.514. The molecule has 0 unspecified atom stereocenters. The average molecular weight is 278 g/mol. The summed E-state index contributed by atoms with van der Waals surface area (Å²) in [6, 6.07) is 3.83. The van der Waals surface area contributed by atoms with Crippen molar-refractivity contribution < 1.29 is 28.7 Å². The molecule has 0 radical (unpaired) electrons. The van der Waals surface area contributed by atoms with Crippen LogP contribution in [0.2, 0.25) is 0 Å². The Morgan fingerprint density at radius 1 is 1.00 bits per heavy atom. The summed E-state index contributed by atoms with van der Waals surface area (Å²) in [5.41, 5.74) is -0.999. The van der Waals surface area contributed by atoms with E-state index in [-0.39, 0.29) is 5.65 Å². The van der Waals surface area contributed by atoms with Gasteiger partial charge in [-0.1, -0.05) is 6.07 Å². The third-order valence-electron chi connectivity index (χ3n) is 2.09. The molecule has 0 amide bonds. The fourth-order valence-corrected chi connectivity index (χ4v) is 2.95. The first-order chi connectivity index (χ1) is 7.71. The van der Waals surface area contributed by atoms with Crippen LogP contribution in [0.15, 0.2) is 24.4 Å². The topological polar surface area (TPSA) is 132 Å². The molecular formula is C7H8N2O6P2. The maximum Gasteiger partial charge on any atom is 0.374 e. The summed E-state index contributed by atoms with van der Waals surface area (Å²) in [7, 11) is -9.30. The van der Waals surface area contributed by atoms with E-state index in [1.54, 1.807) is 0 Å². The summed E-state index contributed by atoms with van der Waals surface area (Å²) in [5, 5.41) is 0. The Labute approximate surface area is 94.9 Å². The van der Waals surface area contributed by atoms with E-state index in [1.165, 1.54) is 12.1 Å². The largest absolute Gasteiger partial charge is 0.374 e. The first kappa shape index (κ1) is 12.4. The Bertz CT molecular complexity index is 668. The molecule has 2 heterocycles. The summed E-state index contributed by atoms with van der Waals surface area (Å²) in [6.45, 7) is 0. The van der Waals surface area contributed by atoms with Crippen molar-refractivity contribution >= 4 is 31.7 Å².